The van der Waals surface area contributed by atoms with Gasteiger partial charge in [0.25, 0.3) is 0 Å². The maximum Gasteiger partial charge on any atom is 0.167 e. The zero-order valence-electron chi connectivity index (χ0n) is 8.81. The van der Waals surface area contributed by atoms with Gasteiger partial charge in [-0.3, -0.25) is 0 Å². The topological polar surface area (TPSA) is 38.1 Å². The van der Waals surface area contributed by atoms with Crippen molar-refractivity contribution in [3.8, 4) is 0 Å². The molecule has 0 radical (unpaired) electrons. The Hall–Kier alpha value is -0.480. The predicted molar refractivity (Wildman–Crippen MR) is 59.5 cm³/mol. The average molecular weight is 214 g/mol. The molecular weight excluding hydrogens is 196 g/mol. The van der Waals surface area contributed by atoms with E-state index in [4.69, 9.17) is 5.11 Å². The van der Waals surface area contributed by atoms with Crippen LogP contribution in [0.3, 0.4) is 0 Å². The van der Waals surface area contributed by atoms with Gasteiger partial charge in [-0.05, 0) is 19.8 Å². The van der Waals surface area contributed by atoms with Crippen LogP contribution in [-0.4, -0.2) is 26.5 Å². The van der Waals surface area contributed by atoms with E-state index in [1.807, 2.05) is 30.9 Å². The summed E-state index contributed by atoms with van der Waals surface area (Å²) in [6.45, 7) is 1.84. The van der Waals surface area contributed by atoms with Gasteiger partial charge < -0.3 is 9.67 Å². The van der Waals surface area contributed by atoms with Crippen LogP contribution in [0.15, 0.2) is 17.6 Å². The lowest BCUT2D eigenvalue weighted by Crippen LogP contribution is -1.99. The van der Waals surface area contributed by atoms with E-state index in [-0.39, 0.29) is 6.10 Å². The van der Waals surface area contributed by atoms with E-state index in [0.717, 1.165) is 30.2 Å². The van der Waals surface area contributed by atoms with Crippen molar-refractivity contribution in [2.45, 2.75) is 37.4 Å². The summed E-state index contributed by atoms with van der Waals surface area (Å²) in [6.07, 6.45) is 6.75. The summed E-state index contributed by atoms with van der Waals surface area (Å²) in [6, 6.07) is 0. The number of nitrogens with zero attached hydrogens (tertiary/aromatic N) is 2. The maximum atomic E-state index is 9.06. The average Bonchev–Trinajstić information content (AvgIpc) is 2.51. The molecule has 1 unspecified atom stereocenters. The molecule has 3 nitrogen and oxygen atoms in total. The Bertz CT molecular complexity index is 260. The zero-order chi connectivity index (χ0) is 10.4. The summed E-state index contributed by atoms with van der Waals surface area (Å²) < 4.78 is 2.03. The van der Waals surface area contributed by atoms with Crippen LogP contribution >= 0.6 is 11.8 Å². The van der Waals surface area contributed by atoms with E-state index in [2.05, 4.69) is 4.98 Å². The lowest BCUT2D eigenvalue weighted by atomic mass is 10.2. The van der Waals surface area contributed by atoms with Gasteiger partial charge in [-0.15, -0.1) is 0 Å². The minimum atomic E-state index is -0.159. The van der Waals surface area contributed by atoms with Crippen LogP contribution < -0.4 is 0 Å². The molecule has 1 N–H and O–H groups in total. The fraction of sp³-hybridized carbons (Fsp3) is 0.700. The molecule has 80 valence electrons. The fourth-order valence-electron chi connectivity index (χ4n) is 1.20. The van der Waals surface area contributed by atoms with E-state index in [9.17, 15) is 0 Å². The molecule has 14 heavy (non-hydrogen) atoms. The number of unbranched alkanes of at least 4 members (excludes halogenated alkanes) is 1. The number of aliphatic hydroxyl groups is 1. The largest absolute Gasteiger partial charge is 0.393 e. The SMILES string of the molecule is CC(O)CCCCSc1nccn1C. The number of hydrogen-bond donors (Lipinski definition) is 1. The molecule has 0 aromatic carbocycles. The Balaban J connectivity index is 2.08. The number of thioether (sulfide) groups is 1. The summed E-state index contributed by atoms with van der Waals surface area (Å²) in [5.41, 5.74) is 0. The van der Waals surface area contributed by atoms with Gasteiger partial charge in [-0.2, -0.15) is 0 Å². The molecule has 0 saturated heterocycles. The molecule has 0 fully saturated rings. The molecule has 0 amide bonds. The summed E-state index contributed by atoms with van der Waals surface area (Å²) in [5, 5.41) is 10.1. The highest BCUT2D eigenvalue weighted by Crippen LogP contribution is 2.16. The summed E-state index contributed by atoms with van der Waals surface area (Å²) in [5.74, 6) is 1.08. The third-order valence-electron chi connectivity index (χ3n) is 2.02. The van der Waals surface area contributed by atoms with Crippen LogP contribution in [0.1, 0.15) is 26.2 Å². The van der Waals surface area contributed by atoms with E-state index in [0.29, 0.717) is 0 Å². The third-order valence-corrected chi connectivity index (χ3v) is 3.17. The summed E-state index contributed by atoms with van der Waals surface area (Å²) in [7, 11) is 2.01. The minimum Gasteiger partial charge on any atom is -0.393 e. The van der Waals surface area contributed by atoms with Gasteiger partial charge in [0, 0.05) is 25.2 Å². The molecule has 0 aliphatic carbocycles. The molecule has 1 atom stereocenters. The van der Waals surface area contributed by atoms with Crippen molar-refractivity contribution in [1.29, 1.82) is 0 Å². The fourth-order valence-corrected chi connectivity index (χ4v) is 2.13. The van der Waals surface area contributed by atoms with Crippen LogP contribution in [0.5, 0.6) is 0 Å². The van der Waals surface area contributed by atoms with Crippen LogP contribution in [0.25, 0.3) is 0 Å². The molecule has 0 saturated carbocycles. The monoisotopic (exact) mass is 214 g/mol. The number of aryl methyl sites for hydroxylation is 1. The molecule has 0 bridgehead atoms. The highest BCUT2D eigenvalue weighted by atomic mass is 32.2. The van der Waals surface area contributed by atoms with Crippen molar-refractivity contribution in [1.82, 2.24) is 9.55 Å². The van der Waals surface area contributed by atoms with Gasteiger partial charge in [0.2, 0.25) is 0 Å². The van der Waals surface area contributed by atoms with E-state index < -0.39 is 0 Å². The van der Waals surface area contributed by atoms with Gasteiger partial charge in [0.1, 0.15) is 0 Å². The molecule has 0 spiro atoms. The van der Waals surface area contributed by atoms with Crippen LogP contribution in [0.4, 0.5) is 0 Å². The second kappa shape index (κ2) is 6.09. The Morgan fingerprint density at radius 1 is 1.57 bits per heavy atom. The number of rotatable bonds is 6. The highest BCUT2D eigenvalue weighted by molar-refractivity contribution is 7.99. The Morgan fingerprint density at radius 3 is 2.93 bits per heavy atom. The second-order valence-corrected chi connectivity index (χ2v) is 4.58. The Morgan fingerprint density at radius 2 is 2.36 bits per heavy atom. The minimum absolute atomic E-state index is 0.159. The van der Waals surface area contributed by atoms with Gasteiger partial charge in [0.15, 0.2) is 5.16 Å². The van der Waals surface area contributed by atoms with Gasteiger partial charge >= 0.3 is 0 Å². The molecule has 1 heterocycles. The maximum absolute atomic E-state index is 9.06. The smallest absolute Gasteiger partial charge is 0.167 e. The zero-order valence-corrected chi connectivity index (χ0v) is 9.63. The number of aromatic nitrogens is 2. The lowest BCUT2D eigenvalue weighted by molar-refractivity contribution is 0.181. The van der Waals surface area contributed by atoms with Gasteiger partial charge in [-0.1, -0.05) is 18.2 Å². The van der Waals surface area contributed by atoms with Gasteiger partial charge in [-0.25, -0.2) is 4.98 Å². The number of imidazole rings is 1. The van der Waals surface area contributed by atoms with Crippen molar-refractivity contribution in [3.63, 3.8) is 0 Å². The van der Waals surface area contributed by atoms with Crippen LogP contribution in [0.2, 0.25) is 0 Å². The summed E-state index contributed by atoms with van der Waals surface area (Å²) in [4.78, 5) is 4.23. The first kappa shape index (κ1) is 11.6. The first-order chi connectivity index (χ1) is 6.70. The van der Waals surface area contributed by atoms with Crippen molar-refractivity contribution >= 4 is 11.8 Å². The van der Waals surface area contributed by atoms with Crippen molar-refractivity contribution in [2.24, 2.45) is 7.05 Å². The summed E-state index contributed by atoms with van der Waals surface area (Å²) >= 11 is 1.78. The van der Waals surface area contributed by atoms with Crippen LogP contribution in [-0.2, 0) is 7.05 Å². The molecule has 4 heteroatoms. The molecule has 1 aromatic heterocycles. The normalized spacial score (nSPS) is 13.1. The Kier molecular flexibility index (Phi) is 5.04. The number of hydrogen-bond acceptors (Lipinski definition) is 3. The van der Waals surface area contributed by atoms with Crippen molar-refractivity contribution < 1.29 is 5.11 Å². The van der Waals surface area contributed by atoms with Crippen molar-refractivity contribution in [2.75, 3.05) is 5.75 Å². The Labute approximate surface area is 89.5 Å². The van der Waals surface area contributed by atoms with Crippen molar-refractivity contribution in [3.05, 3.63) is 12.4 Å². The standard InChI is InChI=1S/C10H18N2OS/c1-9(13)5-3-4-8-14-10-11-6-7-12(10)2/h6-7,9,13H,3-5,8H2,1-2H3. The van der Waals surface area contributed by atoms with Gasteiger partial charge in [0.05, 0.1) is 6.10 Å². The molecule has 0 aliphatic heterocycles. The molecule has 1 rings (SSSR count). The lowest BCUT2D eigenvalue weighted by Gasteiger charge is -2.03. The van der Waals surface area contributed by atoms with E-state index >= 15 is 0 Å². The third kappa shape index (κ3) is 4.15. The number of aliphatic hydroxyl groups excluding tert-OH is 1. The second-order valence-electron chi connectivity index (χ2n) is 3.51. The molecule has 1 aromatic rings. The van der Waals surface area contributed by atoms with Crippen LogP contribution in [0, 0.1) is 0 Å². The van der Waals surface area contributed by atoms with E-state index in [1.54, 1.807) is 11.8 Å². The predicted octanol–water partition coefficient (Wildman–Crippen LogP) is 2.06. The van der Waals surface area contributed by atoms with E-state index in [1.165, 1.54) is 0 Å². The first-order valence-corrected chi connectivity index (χ1v) is 5.97. The first-order valence-electron chi connectivity index (χ1n) is 4.98. The molecular formula is C10H18N2OS. The molecule has 0 aliphatic rings. The highest BCUT2D eigenvalue weighted by Gasteiger charge is 2.00. The quantitative estimate of drug-likeness (QED) is 0.582.